The molecule has 1 aliphatic rings. The summed E-state index contributed by atoms with van der Waals surface area (Å²) in [6, 6.07) is 9.93. The van der Waals surface area contributed by atoms with Crippen molar-refractivity contribution < 1.29 is 5.11 Å². The van der Waals surface area contributed by atoms with Crippen molar-refractivity contribution in [3.05, 3.63) is 35.4 Å². The lowest BCUT2D eigenvalue weighted by Gasteiger charge is -2.28. The summed E-state index contributed by atoms with van der Waals surface area (Å²) in [4.78, 5) is 0. The second-order valence-corrected chi connectivity index (χ2v) is 4.65. The van der Waals surface area contributed by atoms with Gasteiger partial charge in [-0.05, 0) is 30.5 Å². The smallest absolute Gasteiger partial charge is 0.0991 e. The molecule has 0 radical (unpaired) electrons. The van der Waals surface area contributed by atoms with Crippen molar-refractivity contribution in [1.82, 2.24) is 5.32 Å². The highest BCUT2D eigenvalue weighted by molar-refractivity contribution is 5.32. The van der Waals surface area contributed by atoms with E-state index in [4.69, 9.17) is 5.26 Å². The van der Waals surface area contributed by atoms with Crippen LogP contribution in [0.5, 0.6) is 0 Å². The Morgan fingerprint density at radius 2 is 2.18 bits per heavy atom. The van der Waals surface area contributed by atoms with Crippen LogP contribution in [0.15, 0.2) is 24.3 Å². The quantitative estimate of drug-likeness (QED) is 0.834. The highest BCUT2D eigenvalue weighted by Gasteiger charge is 2.21. The average Bonchev–Trinajstić information content (AvgIpc) is 2.38. The van der Waals surface area contributed by atoms with E-state index in [1.807, 2.05) is 18.2 Å². The van der Waals surface area contributed by atoms with E-state index in [1.165, 1.54) is 6.42 Å². The van der Waals surface area contributed by atoms with Crippen LogP contribution in [0.3, 0.4) is 0 Å². The van der Waals surface area contributed by atoms with Crippen LogP contribution in [0.1, 0.15) is 36.8 Å². The fraction of sp³-hybridized carbons (Fsp3) is 0.500. The highest BCUT2D eigenvalue weighted by Crippen LogP contribution is 2.18. The molecule has 1 fully saturated rings. The first-order chi connectivity index (χ1) is 8.29. The molecular formula is C14H18N2O. The van der Waals surface area contributed by atoms with E-state index >= 15 is 0 Å². The molecule has 1 aromatic carbocycles. The number of hydrogen-bond donors (Lipinski definition) is 2. The van der Waals surface area contributed by atoms with Crippen molar-refractivity contribution in [3.63, 3.8) is 0 Å². The van der Waals surface area contributed by atoms with Crippen LogP contribution in [0.25, 0.3) is 0 Å². The van der Waals surface area contributed by atoms with Gasteiger partial charge in [-0.2, -0.15) is 5.26 Å². The Hall–Kier alpha value is -1.37. The van der Waals surface area contributed by atoms with Crippen LogP contribution in [-0.4, -0.2) is 17.3 Å². The summed E-state index contributed by atoms with van der Waals surface area (Å²) in [5, 5.41) is 22.0. The van der Waals surface area contributed by atoms with Crippen LogP contribution in [0.4, 0.5) is 0 Å². The van der Waals surface area contributed by atoms with Gasteiger partial charge in [0.1, 0.15) is 0 Å². The second-order valence-electron chi connectivity index (χ2n) is 4.65. The van der Waals surface area contributed by atoms with Crippen LogP contribution < -0.4 is 5.32 Å². The summed E-state index contributed by atoms with van der Waals surface area (Å²) in [7, 11) is 0. The van der Waals surface area contributed by atoms with Crippen molar-refractivity contribution in [1.29, 1.82) is 5.26 Å². The molecule has 3 nitrogen and oxygen atoms in total. The number of nitrogens with one attached hydrogen (secondary N) is 1. The maximum atomic E-state index is 9.83. The predicted octanol–water partition coefficient (Wildman–Crippen LogP) is 1.95. The standard InChI is InChI=1S/C14H18N2O/c15-9-11-4-3-5-12(8-11)10-16-13-6-1-2-7-14(13)17/h3-5,8,13-14,16-17H,1-2,6-7,10H2/t13-,14+/m0/s1. The van der Waals surface area contributed by atoms with Crippen molar-refractivity contribution in [2.45, 2.75) is 44.4 Å². The Kier molecular flexibility index (Phi) is 4.13. The molecule has 2 N–H and O–H groups in total. The molecule has 0 aliphatic heterocycles. The van der Waals surface area contributed by atoms with Gasteiger partial charge in [0.15, 0.2) is 0 Å². The van der Waals surface area contributed by atoms with Gasteiger partial charge in [-0.15, -0.1) is 0 Å². The maximum absolute atomic E-state index is 9.83. The van der Waals surface area contributed by atoms with E-state index in [9.17, 15) is 5.11 Å². The zero-order valence-corrected chi connectivity index (χ0v) is 9.89. The SMILES string of the molecule is N#Cc1cccc(CN[C@H]2CCCC[C@H]2O)c1. The van der Waals surface area contributed by atoms with Gasteiger partial charge in [0, 0.05) is 12.6 Å². The van der Waals surface area contributed by atoms with Gasteiger partial charge in [-0.25, -0.2) is 0 Å². The molecular weight excluding hydrogens is 212 g/mol. The zero-order valence-electron chi connectivity index (χ0n) is 9.89. The highest BCUT2D eigenvalue weighted by atomic mass is 16.3. The van der Waals surface area contributed by atoms with E-state index in [2.05, 4.69) is 11.4 Å². The first kappa shape index (κ1) is 12.1. The fourth-order valence-corrected chi connectivity index (χ4v) is 2.35. The molecule has 90 valence electrons. The lowest BCUT2D eigenvalue weighted by Crippen LogP contribution is -2.41. The molecule has 3 heteroatoms. The minimum absolute atomic E-state index is 0.203. The summed E-state index contributed by atoms with van der Waals surface area (Å²) in [5.41, 5.74) is 1.79. The summed E-state index contributed by atoms with van der Waals surface area (Å²) in [6.07, 6.45) is 4.04. The van der Waals surface area contributed by atoms with Gasteiger partial charge < -0.3 is 10.4 Å². The van der Waals surface area contributed by atoms with E-state index in [-0.39, 0.29) is 12.1 Å². The Bertz CT molecular complexity index is 411. The molecule has 0 bridgehead atoms. The van der Waals surface area contributed by atoms with E-state index < -0.39 is 0 Å². The third-order valence-corrected chi connectivity index (χ3v) is 3.35. The molecule has 2 rings (SSSR count). The predicted molar refractivity (Wildman–Crippen MR) is 66.3 cm³/mol. The monoisotopic (exact) mass is 230 g/mol. The van der Waals surface area contributed by atoms with Gasteiger partial charge in [0.05, 0.1) is 17.7 Å². The molecule has 0 saturated heterocycles. The molecule has 2 atom stereocenters. The Morgan fingerprint density at radius 3 is 2.94 bits per heavy atom. The summed E-state index contributed by atoms with van der Waals surface area (Å²) in [6.45, 7) is 0.719. The largest absolute Gasteiger partial charge is 0.392 e. The van der Waals surface area contributed by atoms with Crippen LogP contribution in [0.2, 0.25) is 0 Å². The third kappa shape index (κ3) is 3.29. The molecule has 1 aliphatic carbocycles. The van der Waals surface area contributed by atoms with E-state index in [0.717, 1.165) is 31.4 Å². The van der Waals surface area contributed by atoms with Crippen molar-refractivity contribution in [3.8, 4) is 6.07 Å². The minimum atomic E-state index is -0.220. The second kappa shape index (κ2) is 5.81. The number of aliphatic hydroxyl groups excluding tert-OH is 1. The summed E-state index contributed by atoms with van der Waals surface area (Å²) in [5.74, 6) is 0. The van der Waals surface area contributed by atoms with Crippen molar-refractivity contribution in [2.75, 3.05) is 0 Å². The fourth-order valence-electron chi connectivity index (χ4n) is 2.35. The first-order valence-electron chi connectivity index (χ1n) is 6.20. The first-order valence-corrected chi connectivity index (χ1v) is 6.20. The molecule has 17 heavy (non-hydrogen) atoms. The normalized spacial score (nSPS) is 24.2. The summed E-state index contributed by atoms with van der Waals surface area (Å²) < 4.78 is 0. The van der Waals surface area contributed by atoms with Gasteiger partial charge in [-0.1, -0.05) is 25.0 Å². The number of benzene rings is 1. The van der Waals surface area contributed by atoms with Crippen LogP contribution in [0, 0.1) is 11.3 Å². The molecule has 1 saturated carbocycles. The molecule has 0 aromatic heterocycles. The molecule has 0 heterocycles. The molecule has 1 aromatic rings. The lowest BCUT2D eigenvalue weighted by molar-refractivity contribution is 0.0902. The number of aliphatic hydroxyl groups is 1. The number of nitriles is 1. The third-order valence-electron chi connectivity index (χ3n) is 3.35. The van der Waals surface area contributed by atoms with Crippen molar-refractivity contribution >= 4 is 0 Å². The number of hydrogen-bond acceptors (Lipinski definition) is 3. The Labute approximate surface area is 102 Å². The summed E-state index contributed by atoms with van der Waals surface area (Å²) >= 11 is 0. The number of rotatable bonds is 3. The van der Waals surface area contributed by atoms with Crippen LogP contribution >= 0.6 is 0 Å². The van der Waals surface area contributed by atoms with Gasteiger partial charge in [0.2, 0.25) is 0 Å². The number of nitrogens with zero attached hydrogens (tertiary/aromatic N) is 1. The average molecular weight is 230 g/mol. The molecule has 0 amide bonds. The van der Waals surface area contributed by atoms with E-state index in [1.54, 1.807) is 6.07 Å². The van der Waals surface area contributed by atoms with Gasteiger partial charge in [-0.3, -0.25) is 0 Å². The minimum Gasteiger partial charge on any atom is -0.392 e. The Morgan fingerprint density at radius 1 is 1.35 bits per heavy atom. The molecule has 0 unspecified atom stereocenters. The van der Waals surface area contributed by atoms with Gasteiger partial charge >= 0.3 is 0 Å². The lowest BCUT2D eigenvalue weighted by atomic mass is 9.92. The maximum Gasteiger partial charge on any atom is 0.0991 e. The van der Waals surface area contributed by atoms with Crippen LogP contribution in [-0.2, 0) is 6.54 Å². The van der Waals surface area contributed by atoms with Gasteiger partial charge in [0.25, 0.3) is 0 Å². The zero-order chi connectivity index (χ0) is 12.1. The van der Waals surface area contributed by atoms with E-state index in [0.29, 0.717) is 5.56 Å². The Balaban J connectivity index is 1.90. The molecule has 0 spiro atoms. The van der Waals surface area contributed by atoms with Crippen molar-refractivity contribution in [2.24, 2.45) is 0 Å². The topological polar surface area (TPSA) is 56.0 Å².